The molecule has 0 fully saturated rings. The number of nitrogens with zero attached hydrogens (tertiary/aromatic N) is 3. The third-order valence-corrected chi connectivity index (χ3v) is 4.38. The number of benzene rings is 1. The number of halogens is 1. The second-order valence-electron chi connectivity index (χ2n) is 3.86. The fraction of sp³-hybridized carbons (Fsp3) is 0.182. The quantitative estimate of drug-likeness (QED) is 0.792. The van der Waals surface area contributed by atoms with Crippen LogP contribution in [0.3, 0.4) is 0 Å². The summed E-state index contributed by atoms with van der Waals surface area (Å²) in [6, 6.07) is 6.11. The molecular weight excluding hydrogens is 306 g/mol. The Bertz CT molecular complexity index is 752. The van der Waals surface area contributed by atoms with Gasteiger partial charge in [-0.15, -0.1) is 9.19 Å². The number of carbonyl (C=O) groups is 1. The van der Waals surface area contributed by atoms with Crippen LogP contribution in [-0.2, 0) is 14.8 Å². The fourth-order valence-electron chi connectivity index (χ4n) is 1.42. The maximum Gasteiger partial charge on any atom is 0.378 e. The molecule has 106 valence electrons. The van der Waals surface area contributed by atoms with Gasteiger partial charge in [0.1, 0.15) is 0 Å². The number of ether oxygens (including phenoxy) is 1. The normalized spacial score (nSPS) is 11.3. The molecule has 0 aliphatic rings. The van der Waals surface area contributed by atoms with Crippen LogP contribution in [0.2, 0.25) is 5.28 Å². The van der Waals surface area contributed by atoms with E-state index in [2.05, 4.69) is 14.8 Å². The van der Waals surface area contributed by atoms with Crippen molar-refractivity contribution >= 4 is 27.6 Å². The van der Waals surface area contributed by atoms with Crippen molar-refractivity contribution in [3.05, 3.63) is 40.9 Å². The molecule has 0 radical (unpaired) electrons. The van der Waals surface area contributed by atoms with Crippen LogP contribution in [0.4, 0.5) is 0 Å². The molecule has 0 amide bonds. The molecular formula is C11H10ClN3O4S. The molecule has 0 aliphatic carbocycles. The Morgan fingerprint density at radius 3 is 2.45 bits per heavy atom. The van der Waals surface area contributed by atoms with E-state index >= 15 is 0 Å². The minimum atomic E-state index is -4.00. The van der Waals surface area contributed by atoms with E-state index in [0.717, 1.165) is 12.7 Å². The summed E-state index contributed by atoms with van der Waals surface area (Å²) in [5.74, 6) is -1.29. The third-order valence-electron chi connectivity index (χ3n) is 2.46. The Labute approximate surface area is 120 Å². The number of aryl methyl sites for hydroxylation is 1. The highest BCUT2D eigenvalue weighted by Crippen LogP contribution is 2.18. The van der Waals surface area contributed by atoms with Crippen LogP contribution in [0.15, 0.2) is 29.2 Å². The molecule has 2 rings (SSSR count). The van der Waals surface area contributed by atoms with Crippen molar-refractivity contribution in [3.63, 3.8) is 0 Å². The number of rotatable bonds is 3. The molecule has 1 aromatic carbocycles. The molecule has 1 aromatic heterocycles. The van der Waals surface area contributed by atoms with Gasteiger partial charge >= 0.3 is 5.97 Å². The van der Waals surface area contributed by atoms with E-state index in [1.165, 1.54) is 12.1 Å². The van der Waals surface area contributed by atoms with Crippen LogP contribution in [0.25, 0.3) is 0 Å². The van der Waals surface area contributed by atoms with Crippen molar-refractivity contribution < 1.29 is 17.9 Å². The molecule has 0 unspecified atom stereocenters. The lowest BCUT2D eigenvalue weighted by Crippen LogP contribution is -2.15. The number of carbonyl (C=O) groups excluding carboxylic acids is 1. The first-order valence-corrected chi connectivity index (χ1v) is 7.21. The SMILES string of the molecule is COC(=O)c1nc(Cl)n(S(=O)(=O)c2ccc(C)cc2)n1. The number of methoxy groups -OCH3 is 1. The molecule has 0 N–H and O–H groups in total. The van der Waals surface area contributed by atoms with Gasteiger partial charge in [0.15, 0.2) is 0 Å². The predicted molar refractivity (Wildman–Crippen MR) is 70.1 cm³/mol. The highest BCUT2D eigenvalue weighted by molar-refractivity contribution is 7.90. The molecule has 7 nitrogen and oxygen atoms in total. The Morgan fingerprint density at radius 1 is 1.30 bits per heavy atom. The molecule has 20 heavy (non-hydrogen) atoms. The van der Waals surface area contributed by atoms with E-state index in [9.17, 15) is 13.2 Å². The molecule has 0 atom stereocenters. The zero-order valence-electron chi connectivity index (χ0n) is 10.6. The predicted octanol–water partition coefficient (Wildman–Crippen LogP) is 1.26. The average molecular weight is 316 g/mol. The van der Waals surface area contributed by atoms with Gasteiger partial charge in [0.2, 0.25) is 5.28 Å². The second kappa shape index (κ2) is 5.22. The van der Waals surface area contributed by atoms with Crippen LogP contribution >= 0.6 is 11.6 Å². The van der Waals surface area contributed by atoms with Gasteiger partial charge in [-0.3, -0.25) is 0 Å². The van der Waals surface area contributed by atoms with Crippen molar-refractivity contribution in [2.45, 2.75) is 11.8 Å². The molecule has 1 heterocycles. The first kappa shape index (κ1) is 14.5. The lowest BCUT2D eigenvalue weighted by atomic mass is 10.2. The van der Waals surface area contributed by atoms with Crippen molar-refractivity contribution in [3.8, 4) is 0 Å². The van der Waals surface area contributed by atoms with Crippen LogP contribution in [0, 0.1) is 6.92 Å². The topological polar surface area (TPSA) is 91.1 Å². The van der Waals surface area contributed by atoms with Crippen LogP contribution in [-0.4, -0.2) is 35.7 Å². The fourth-order valence-corrected chi connectivity index (χ4v) is 2.91. The summed E-state index contributed by atoms with van der Waals surface area (Å²) in [7, 11) is -2.87. The summed E-state index contributed by atoms with van der Waals surface area (Å²) in [4.78, 5) is 14.8. The summed E-state index contributed by atoms with van der Waals surface area (Å²) in [6.07, 6.45) is 0. The molecule has 0 saturated heterocycles. The van der Waals surface area contributed by atoms with Gasteiger partial charge in [-0.05, 0) is 30.7 Å². The average Bonchev–Trinajstić information content (AvgIpc) is 2.81. The zero-order chi connectivity index (χ0) is 14.9. The van der Waals surface area contributed by atoms with Gasteiger partial charge in [0, 0.05) is 0 Å². The van der Waals surface area contributed by atoms with E-state index < -0.39 is 27.1 Å². The zero-order valence-corrected chi connectivity index (χ0v) is 12.1. The summed E-state index contributed by atoms with van der Waals surface area (Å²) in [5, 5.41) is 3.12. The third kappa shape index (κ3) is 2.52. The maximum absolute atomic E-state index is 12.3. The van der Waals surface area contributed by atoms with Gasteiger partial charge in [0.05, 0.1) is 12.0 Å². The van der Waals surface area contributed by atoms with Gasteiger partial charge < -0.3 is 4.74 Å². The standard InChI is InChI=1S/C11H10ClN3O4S/c1-7-3-5-8(6-4-7)20(17,18)15-11(12)13-9(14-15)10(16)19-2/h3-6H,1-2H3. The Kier molecular flexibility index (Phi) is 3.78. The maximum atomic E-state index is 12.3. The summed E-state index contributed by atoms with van der Waals surface area (Å²) >= 11 is 5.71. The Morgan fingerprint density at radius 2 is 1.90 bits per heavy atom. The van der Waals surface area contributed by atoms with E-state index in [1.807, 2.05) is 6.92 Å². The van der Waals surface area contributed by atoms with Gasteiger partial charge in [-0.2, -0.15) is 13.4 Å². The minimum Gasteiger partial charge on any atom is -0.463 e. The lowest BCUT2D eigenvalue weighted by Gasteiger charge is -2.04. The Balaban J connectivity index is 2.52. The highest BCUT2D eigenvalue weighted by atomic mass is 35.5. The van der Waals surface area contributed by atoms with Crippen LogP contribution in [0.1, 0.15) is 16.2 Å². The van der Waals surface area contributed by atoms with Gasteiger partial charge in [-0.25, -0.2) is 4.79 Å². The largest absolute Gasteiger partial charge is 0.463 e. The number of esters is 1. The summed E-state index contributed by atoms with van der Waals surface area (Å²) in [5.41, 5.74) is 0.906. The second-order valence-corrected chi connectivity index (χ2v) is 5.96. The number of aromatic nitrogens is 3. The smallest absolute Gasteiger partial charge is 0.378 e. The first-order chi connectivity index (χ1) is 9.36. The molecule has 0 aliphatic heterocycles. The van der Waals surface area contributed by atoms with Crippen LogP contribution < -0.4 is 0 Å². The van der Waals surface area contributed by atoms with Crippen molar-refractivity contribution in [2.75, 3.05) is 7.11 Å². The van der Waals surface area contributed by atoms with E-state index in [4.69, 9.17) is 11.6 Å². The van der Waals surface area contributed by atoms with E-state index in [0.29, 0.717) is 4.09 Å². The first-order valence-electron chi connectivity index (χ1n) is 5.39. The molecule has 0 saturated carbocycles. The summed E-state index contributed by atoms with van der Waals surface area (Å²) < 4.78 is 29.5. The summed E-state index contributed by atoms with van der Waals surface area (Å²) in [6.45, 7) is 1.83. The van der Waals surface area contributed by atoms with Gasteiger partial charge in [0.25, 0.3) is 15.8 Å². The molecule has 9 heteroatoms. The molecule has 0 bridgehead atoms. The van der Waals surface area contributed by atoms with Gasteiger partial charge in [-0.1, -0.05) is 17.7 Å². The van der Waals surface area contributed by atoms with E-state index in [1.54, 1.807) is 12.1 Å². The molecule has 2 aromatic rings. The van der Waals surface area contributed by atoms with Crippen molar-refractivity contribution in [1.82, 2.24) is 14.2 Å². The number of hydrogen-bond donors (Lipinski definition) is 0. The van der Waals surface area contributed by atoms with Crippen molar-refractivity contribution in [1.29, 1.82) is 0 Å². The highest BCUT2D eigenvalue weighted by Gasteiger charge is 2.25. The number of hydrogen-bond acceptors (Lipinski definition) is 6. The van der Waals surface area contributed by atoms with Crippen molar-refractivity contribution in [2.24, 2.45) is 0 Å². The monoisotopic (exact) mass is 315 g/mol. The lowest BCUT2D eigenvalue weighted by molar-refractivity contribution is 0.0587. The minimum absolute atomic E-state index is 0.00804. The van der Waals surface area contributed by atoms with E-state index in [-0.39, 0.29) is 4.90 Å². The Hall–Kier alpha value is -1.93. The molecule has 0 spiro atoms. The van der Waals surface area contributed by atoms with Crippen LogP contribution in [0.5, 0.6) is 0 Å².